The molecule has 0 saturated heterocycles. The zero-order valence-electron chi connectivity index (χ0n) is 11.7. The fourth-order valence-corrected chi connectivity index (χ4v) is 2.18. The van der Waals surface area contributed by atoms with E-state index in [1.54, 1.807) is 0 Å². The number of nitrogens with zero attached hydrogens (tertiary/aromatic N) is 3. The standard InChI is InChI=1S/C15H18N4O/c1-3-8-19-10-12(9-16-19)17-11(2)15-18-13-6-4-5-7-14(13)20-15/h4-7,9-11,17H,3,8H2,1-2H3/t11-/m0/s1. The Morgan fingerprint density at radius 3 is 3.00 bits per heavy atom. The molecular formula is C15H18N4O. The van der Waals surface area contributed by atoms with Crippen molar-refractivity contribution in [3.05, 3.63) is 42.5 Å². The third kappa shape index (κ3) is 2.52. The second-order valence-electron chi connectivity index (χ2n) is 4.88. The lowest BCUT2D eigenvalue weighted by Crippen LogP contribution is -2.06. The average Bonchev–Trinajstić information content (AvgIpc) is 3.05. The molecule has 0 bridgehead atoms. The normalized spacial score (nSPS) is 12.7. The summed E-state index contributed by atoms with van der Waals surface area (Å²) in [7, 11) is 0. The van der Waals surface area contributed by atoms with Crippen LogP contribution in [0.2, 0.25) is 0 Å². The van der Waals surface area contributed by atoms with Crippen LogP contribution in [-0.4, -0.2) is 14.8 Å². The molecule has 0 aliphatic rings. The van der Waals surface area contributed by atoms with E-state index in [-0.39, 0.29) is 6.04 Å². The molecule has 0 fully saturated rings. The zero-order valence-corrected chi connectivity index (χ0v) is 11.7. The van der Waals surface area contributed by atoms with Gasteiger partial charge in [0.05, 0.1) is 11.9 Å². The first-order valence-electron chi connectivity index (χ1n) is 6.90. The smallest absolute Gasteiger partial charge is 0.217 e. The summed E-state index contributed by atoms with van der Waals surface area (Å²) in [6.07, 6.45) is 4.90. The van der Waals surface area contributed by atoms with E-state index < -0.39 is 0 Å². The second-order valence-corrected chi connectivity index (χ2v) is 4.88. The Morgan fingerprint density at radius 2 is 2.20 bits per heavy atom. The highest BCUT2D eigenvalue weighted by atomic mass is 16.3. The summed E-state index contributed by atoms with van der Waals surface area (Å²) in [4.78, 5) is 4.50. The predicted octanol–water partition coefficient (Wildman–Crippen LogP) is 3.61. The number of hydrogen-bond acceptors (Lipinski definition) is 4. The fourth-order valence-electron chi connectivity index (χ4n) is 2.18. The average molecular weight is 270 g/mol. The van der Waals surface area contributed by atoms with Gasteiger partial charge in [-0.1, -0.05) is 19.1 Å². The maximum Gasteiger partial charge on any atom is 0.217 e. The Bertz CT molecular complexity index is 668. The van der Waals surface area contributed by atoms with Crippen molar-refractivity contribution in [2.75, 3.05) is 5.32 Å². The van der Waals surface area contributed by atoms with Crippen LogP contribution in [0, 0.1) is 0 Å². The van der Waals surface area contributed by atoms with Crippen molar-refractivity contribution in [3.63, 3.8) is 0 Å². The van der Waals surface area contributed by atoms with Crippen LogP contribution in [-0.2, 0) is 6.54 Å². The molecule has 3 aromatic rings. The lowest BCUT2D eigenvalue weighted by molar-refractivity contribution is 0.506. The largest absolute Gasteiger partial charge is 0.438 e. The van der Waals surface area contributed by atoms with Crippen molar-refractivity contribution in [2.24, 2.45) is 0 Å². The summed E-state index contributed by atoms with van der Waals surface area (Å²) in [5, 5.41) is 7.66. The number of benzene rings is 1. The van der Waals surface area contributed by atoms with Gasteiger partial charge in [-0.15, -0.1) is 0 Å². The third-order valence-electron chi connectivity index (χ3n) is 3.15. The van der Waals surface area contributed by atoms with Crippen LogP contribution in [0.25, 0.3) is 11.1 Å². The van der Waals surface area contributed by atoms with Gasteiger partial charge in [-0.2, -0.15) is 5.10 Å². The molecule has 0 aliphatic carbocycles. The maximum atomic E-state index is 5.76. The van der Waals surface area contributed by atoms with Crippen molar-refractivity contribution in [1.82, 2.24) is 14.8 Å². The van der Waals surface area contributed by atoms with Gasteiger partial charge in [0, 0.05) is 12.7 Å². The van der Waals surface area contributed by atoms with E-state index in [1.165, 1.54) is 0 Å². The molecule has 0 aliphatic heterocycles. The first-order chi connectivity index (χ1) is 9.76. The number of para-hydroxylation sites is 2. The van der Waals surface area contributed by atoms with Gasteiger partial charge in [0.25, 0.3) is 0 Å². The van der Waals surface area contributed by atoms with E-state index in [4.69, 9.17) is 4.42 Å². The van der Waals surface area contributed by atoms with Gasteiger partial charge in [-0.3, -0.25) is 4.68 Å². The van der Waals surface area contributed by atoms with Gasteiger partial charge in [-0.25, -0.2) is 4.98 Å². The quantitative estimate of drug-likeness (QED) is 0.769. The minimum absolute atomic E-state index is 0.00155. The SMILES string of the molecule is CCCn1cc(N[C@@H](C)c2nc3ccccc3o2)cn1. The maximum absolute atomic E-state index is 5.76. The number of aromatic nitrogens is 3. The van der Waals surface area contributed by atoms with Crippen LogP contribution < -0.4 is 5.32 Å². The van der Waals surface area contributed by atoms with Crippen LogP contribution in [0.15, 0.2) is 41.1 Å². The number of fused-ring (bicyclic) bond motifs is 1. The molecule has 1 atom stereocenters. The number of hydrogen-bond donors (Lipinski definition) is 1. The molecule has 5 heteroatoms. The molecule has 20 heavy (non-hydrogen) atoms. The summed E-state index contributed by atoms with van der Waals surface area (Å²) in [5.41, 5.74) is 2.68. The number of rotatable bonds is 5. The molecule has 0 radical (unpaired) electrons. The molecule has 2 heterocycles. The topological polar surface area (TPSA) is 55.9 Å². The molecule has 3 rings (SSSR count). The van der Waals surface area contributed by atoms with E-state index in [2.05, 4.69) is 22.3 Å². The van der Waals surface area contributed by atoms with Crippen LogP contribution in [0.5, 0.6) is 0 Å². The lowest BCUT2D eigenvalue weighted by Gasteiger charge is -2.08. The lowest BCUT2D eigenvalue weighted by atomic mass is 10.3. The molecular weight excluding hydrogens is 252 g/mol. The Kier molecular flexibility index (Phi) is 3.41. The van der Waals surface area contributed by atoms with Gasteiger partial charge < -0.3 is 9.73 Å². The van der Waals surface area contributed by atoms with Crippen molar-refractivity contribution >= 4 is 16.8 Å². The summed E-state index contributed by atoms with van der Waals surface area (Å²) >= 11 is 0. The van der Waals surface area contributed by atoms with E-state index in [0.717, 1.165) is 29.8 Å². The minimum atomic E-state index is 0.00155. The monoisotopic (exact) mass is 270 g/mol. The Balaban J connectivity index is 1.75. The highest BCUT2D eigenvalue weighted by molar-refractivity contribution is 5.72. The second kappa shape index (κ2) is 5.36. The highest BCUT2D eigenvalue weighted by Gasteiger charge is 2.13. The fraction of sp³-hybridized carbons (Fsp3) is 0.333. The summed E-state index contributed by atoms with van der Waals surface area (Å²) in [6.45, 7) is 5.09. The van der Waals surface area contributed by atoms with Gasteiger partial charge in [0.1, 0.15) is 11.6 Å². The van der Waals surface area contributed by atoms with E-state index in [1.807, 2.05) is 48.3 Å². The number of nitrogens with one attached hydrogen (secondary N) is 1. The molecule has 0 amide bonds. The molecule has 0 saturated carbocycles. The molecule has 5 nitrogen and oxygen atoms in total. The third-order valence-corrected chi connectivity index (χ3v) is 3.15. The molecule has 2 aromatic heterocycles. The first kappa shape index (κ1) is 12.7. The minimum Gasteiger partial charge on any atom is -0.438 e. The predicted molar refractivity (Wildman–Crippen MR) is 78.6 cm³/mol. The zero-order chi connectivity index (χ0) is 13.9. The summed E-state index contributed by atoms with van der Waals surface area (Å²) in [6, 6.07) is 7.79. The Morgan fingerprint density at radius 1 is 1.35 bits per heavy atom. The van der Waals surface area contributed by atoms with Gasteiger partial charge in [0.2, 0.25) is 5.89 Å². The highest BCUT2D eigenvalue weighted by Crippen LogP contribution is 2.22. The molecule has 0 unspecified atom stereocenters. The first-order valence-corrected chi connectivity index (χ1v) is 6.90. The van der Waals surface area contributed by atoms with Crippen LogP contribution >= 0.6 is 0 Å². The van der Waals surface area contributed by atoms with Crippen LogP contribution in [0.1, 0.15) is 32.2 Å². The van der Waals surface area contributed by atoms with Gasteiger partial charge >= 0.3 is 0 Å². The molecule has 1 aromatic carbocycles. The van der Waals surface area contributed by atoms with Crippen molar-refractivity contribution in [2.45, 2.75) is 32.9 Å². The Labute approximate surface area is 117 Å². The van der Waals surface area contributed by atoms with Gasteiger partial charge in [0.15, 0.2) is 5.58 Å². The van der Waals surface area contributed by atoms with Crippen LogP contribution in [0.3, 0.4) is 0 Å². The Hall–Kier alpha value is -2.30. The van der Waals surface area contributed by atoms with Crippen molar-refractivity contribution in [1.29, 1.82) is 0 Å². The van der Waals surface area contributed by atoms with Crippen LogP contribution in [0.4, 0.5) is 5.69 Å². The summed E-state index contributed by atoms with van der Waals surface area (Å²) in [5.74, 6) is 0.689. The van der Waals surface area contributed by atoms with Gasteiger partial charge in [-0.05, 0) is 25.5 Å². The number of aryl methyl sites for hydroxylation is 1. The van der Waals surface area contributed by atoms with Crippen molar-refractivity contribution < 1.29 is 4.42 Å². The summed E-state index contributed by atoms with van der Waals surface area (Å²) < 4.78 is 7.69. The molecule has 0 spiro atoms. The van der Waals surface area contributed by atoms with Crippen molar-refractivity contribution in [3.8, 4) is 0 Å². The molecule has 104 valence electrons. The van der Waals surface area contributed by atoms with E-state index in [9.17, 15) is 0 Å². The van der Waals surface area contributed by atoms with E-state index in [0.29, 0.717) is 5.89 Å². The number of anilines is 1. The molecule has 1 N–H and O–H groups in total. The number of oxazole rings is 1. The van der Waals surface area contributed by atoms with E-state index >= 15 is 0 Å².